The second-order valence-electron chi connectivity index (χ2n) is 2.18. The average Bonchev–Trinajstić information content (AvgIpc) is 1.88. The molecule has 0 saturated heterocycles. The summed E-state index contributed by atoms with van der Waals surface area (Å²) < 4.78 is 0.0538. The molecule has 2 heteroatoms. The molecule has 0 amide bonds. The Morgan fingerprint density at radius 2 is 2.00 bits per heavy atom. The first kappa shape index (κ1) is 7.53. The molecule has 0 N–H and O–H groups in total. The van der Waals surface area contributed by atoms with Crippen molar-refractivity contribution < 1.29 is 4.79 Å². The minimum atomic E-state index is 0.0538. The van der Waals surface area contributed by atoms with Crippen molar-refractivity contribution in [2.45, 2.75) is 6.92 Å². The van der Waals surface area contributed by atoms with Gasteiger partial charge in [0.1, 0.15) is 0 Å². The summed E-state index contributed by atoms with van der Waals surface area (Å²) in [5.41, 5.74) is 1.81. The van der Waals surface area contributed by atoms with E-state index in [1.165, 1.54) is 0 Å². The maximum absolute atomic E-state index is 10.8. The number of hydrogen-bond donors (Lipinski definition) is 0. The second-order valence-corrected chi connectivity index (χ2v) is 2.70. The van der Waals surface area contributed by atoms with Gasteiger partial charge in [-0.2, -0.15) is 0 Å². The van der Waals surface area contributed by atoms with Crippen molar-refractivity contribution >= 4 is 20.9 Å². The quantitative estimate of drug-likeness (QED) is 0.546. The molecule has 0 aromatic heterocycles. The lowest BCUT2D eigenvalue weighted by Crippen LogP contribution is -1.99. The van der Waals surface area contributed by atoms with Crippen LogP contribution in [0.4, 0.5) is 0 Å². The third-order valence-electron chi connectivity index (χ3n) is 1.41. The molecule has 1 aromatic carbocycles. The maximum Gasteiger partial charge on any atom is 0.250 e. The zero-order valence-corrected chi connectivity index (χ0v) is 6.95. The average molecular weight is 146 g/mol. The zero-order valence-electron chi connectivity index (χ0n) is 5.79. The van der Waals surface area contributed by atoms with Crippen LogP contribution in [0.5, 0.6) is 0 Å². The Kier molecular flexibility index (Phi) is 2.26. The van der Waals surface area contributed by atoms with E-state index in [0.717, 1.165) is 11.1 Å². The van der Waals surface area contributed by atoms with Crippen molar-refractivity contribution in [2.24, 2.45) is 0 Å². The van der Waals surface area contributed by atoms with E-state index in [2.05, 4.69) is 16.3 Å². The van der Waals surface area contributed by atoms with Gasteiger partial charge in [0.15, 0.2) is 0 Å². The molecular weight excluding hydrogens is 139 g/mol. The summed E-state index contributed by atoms with van der Waals surface area (Å²) in [6.07, 6.45) is 0. The van der Waals surface area contributed by atoms with E-state index in [0.29, 0.717) is 0 Å². The van der Waals surface area contributed by atoms with E-state index in [9.17, 15) is 4.79 Å². The van der Waals surface area contributed by atoms with Gasteiger partial charge in [-0.05, 0) is 18.1 Å². The lowest BCUT2D eigenvalue weighted by atomic mass is 10.1. The summed E-state index contributed by atoms with van der Waals surface area (Å²) in [5.74, 6) is 0. The van der Waals surface area contributed by atoms with Gasteiger partial charge < -0.3 is 4.79 Å². The van der Waals surface area contributed by atoms with Gasteiger partial charge in [-0.1, -0.05) is 24.3 Å². The topological polar surface area (TPSA) is 17.1 Å². The normalized spacial score (nSPS) is 9.30. The van der Waals surface area contributed by atoms with Crippen LogP contribution in [0, 0.1) is 6.92 Å². The fourth-order valence-electron chi connectivity index (χ4n) is 0.849. The van der Waals surface area contributed by atoms with Crippen molar-refractivity contribution in [3.05, 3.63) is 35.4 Å². The van der Waals surface area contributed by atoms with Crippen molar-refractivity contribution in [2.75, 3.05) is 0 Å². The van der Waals surface area contributed by atoms with E-state index in [1.54, 1.807) is 0 Å². The molecule has 0 aliphatic rings. The minimum absolute atomic E-state index is 0.0538. The van der Waals surface area contributed by atoms with Crippen LogP contribution in [0.25, 0.3) is 0 Å². The first-order valence-corrected chi connectivity index (χ1v) is 3.65. The largest absolute Gasteiger partial charge is 0.318 e. The summed E-state index contributed by atoms with van der Waals surface area (Å²) in [6.45, 7) is 1.93. The molecule has 0 fully saturated rings. The molecule has 0 aliphatic heterocycles. The standard InChI is InChI=1S/C8H7O.Al/c1-7-4-2-3-5-8(7)6-9;/h2-5H,1H3;. The lowest BCUT2D eigenvalue weighted by Gasteiger charge is -1.99. The highest BCUT2D eigenvalue weighted by Crippen LogP contribution is 2.05. The summed E-state index contributed by atoms with van der Waals surface area (Å²) in [7, 11) is 0. The van der Waals surface area contributed by atoms with E-state index in [4.69, 9.17) is 0 Å². The van der Waals surface area contributed by atoms with Gasteiger partial charge >= 0.3 is 0 Å². The predicted molar refractivity (Wildman–Crippen MR) is 41.3 cm³/mol. The van der Waals surface area contributed by atoms with Gasteiger partial charge in [-0.3, -0.25) is 0 Å². The third-order valence-corrected chi connectivity index (χ3v) is 1.72. The Balaban J connectivity index is 3.15. The molecule has 2 radical (unpaired) electrons. The van der Waals surface area contributed by atoms with E-state index in [1.807, 2.05) is 31.2 Å². The SMILES string of the molecule is Cc1ccccc1[C](=O)[Al]. The van der Waals surface area contributed by atoms with Gasteiger partial charge in [0.2, 0.25) is 0 Å². The highest BCUT2D eigenvalue weighted by Gasteiger charge is 1.98. The summed E-state index contributed by atoms with van der Waals surface area (Å²) >= 11 is 2.17. The molecule has 1 nitrogen and oxygen atoms in total. The van der Waals surface area contributed by atoms with Crippen LogP contribution in [-0.2, 0) is 0 Å². The van der Waals surface area contributed by atoms with Gasteiger partial charge in [0.25, 0.3) is 16.3 Å². The maximum atomic E-state index is 10.8. The Morgan fingerprint density at radius 1 is 1.40 bits per heavy atom. The fourth-order valence-corrected chi connectivity index (χ4v) is 1.17. The van der Waals surface area contributed by atoms with Crippen molar-refractivity contribution in [3.63, 3.8) is 0 Å². The van der Waals surface area contributed by atoms with Gasteiger partial charge in [0.05, 0.1) is 4.65 Å². The zero-order chi connectivity index (χ0) is 7.56. The monoisotopic (exact) mass is 146 g/mol. The van der Waals surface area contributed by atoms with E-state index < -0.39 is 0 Å². The Morgan fingerprint density at radius 3 is 2.40 bits per heavy atom. The molecule has 1 rings (SSSR count). The first-order chi connectivity index (χ1) is 4.72. The first-order valence-electron chi connectivity index (χ1n) is 3.07. The molecule has 0 atom stereocenters. The van der Waals surface area contributed by atoms with Crippen LogP contribution >= 0.6 is 0 Å². The van der Waals surface area contributed by atoms with Gasteiger partial charge in [0, 0.05) is 0 Å². The number of benzene rings is 1. The molecule has 0 heterocycles. The predicted octanol–water partition coefficient (Wildman–Crippen LogP) is 1.30. The van der Waals surface area contributed by atoms with E-state index in [-0.39, 0.29) is 4.65 Å². The number of carbonyl (C=O) groups is 1. The van der Waals surface area contributed by atoms with Crippen LogP contribution in [0.1, 0.15) is 15.9 Å². The number of hydrogen-bond acceptors (Lipinski definition) is 1. The number of aryl methyl sites for hydroxylation is 1. The highest BCUT2D eigenvalue weighted by molar-refractivity contribution is 6.62. The third kappa shape index (κ3) is 1.47. The minimum Gasteiger partial charge on any atom is -0.318 e. The molecule has 0 unspecified atom stereocenters. The molecule has 0 aliphatic carbocycles. The highest BCUT2D eigenvalue weighted by atomic mass is 27.0. The summed E-state index contributed by atoms with van der Waals surface area (Å²) in [5, 5.41) is 0. The molecule has 0 bridgehead atoms. The molecule has 0 saturated carbocycles. The van der Waals surface area contributed by atoms with Crippen LogP contribution in [0.2, 0.25) is 0 Å². The number of rotatable bonds is 1. The van der Waals surface area contributed by atoms with Gasteiger partial charge in [-0.15, -0.1) is 0 Å². The van der Waals surface area contributed by atoms with Crippen molar-refractivity contribution in [3.8, 4) is 0 Å². The number of carbonyl (C=O) groups excluding carboxylic acids is 1. The van der Waals surface area contributed by atoms with Crippen LogP contribution in [0.15, 0.2) is 24.3 Å². The van der Waals surface area contributed by atoms with Crippen LogP contribution in [-0.4, -0.2) is 20.9 Å². The Bertz CT molecular complexity index is 255. The molecule has 10 heavy (non-hydrogen) atoms. The van der Waals surface area contributed by atoms with Gasteiger partial charge in [-0.25, -0.2) is 0 Å². The molecular formula is C8H7AlO. The Hall–Kier alpha value is -0.578. The van der Waals surface area contributed by atoms with Crippen LogP contribution < -0.4 is 0 Å². The summed E-state index contributed by atoms with van der Waals surface area (Å²) in [4.78, 5) is 10.8. The summed E-state index contributed by atoms with van der Waals surface area (Å²) in [6, 6.07) is 7.54. The fraction of sp³-hybridized carbons (Fsp3) is 0.125. The second kappa shape index (κ2) is 3.01. The molecule has 0 spiro atoms. The Labute approximate surface area is 68.5 Å². The molecule has 48 valence electrons. The van der Waals surface area contributed by atoms with Crippen molar-refractivity contribution in [1.82, 2.24) is 0 Å². The van der Waals surface area contributed by atoms with Crippen LogP contribution in [0.3, 0.4) is 0 Å². The van der Waals surface area contributed by atoms with Crippen molar-refractivity contribution in [1.29, 1.82) is 0 Å². The van der Waals surface area contributed by atoms with E-state index >= 15 is 0 Å². The molecule has 1 aromatic rings. The lowest BCUT2D eigenvalue weighted by molar-refractivity contribution is 0.108. The smallest absolute Gasteiger partial charge is 0.250 e.